The third kappa shape index (κ3) is 44.0. The van der Waals surface area contributed by atoms with Gasteiger partial charge in [0.1, 0.15) is 5.78 Å². The van der Waals surface area contributed by atoms with Crippen molar-refractivity contribution < 1.29 is 9.59 Å². The molecule has 0 aliphatic heterocycles. The molecule has 0 aromatic heterocycles. The summed E-state index contributed by atoms with van der Waals surface area (Å²) in [6.45, 7) is 7.07. The summed E-state index contributed by atoms with van der Waals surface area (Å²) >= 11 is 0. The second-order valence-corrected chi connectivity index (χ2v) is 2.37. The van der Waals surface area contributed by atoms with Gasteiger partial charge in [0.05, 0.1) is 0 Å². The Balaban J connectivity index is -0.000000152. The lowest BCUT2D eigenvalue weighted by Gasteiger charge is -1.89. The quantitative estimate of drug-likeness (QED) is 0.652. The van der Waals surface area contributed by atoms with E-state index in [2.05, 4.69) is 17.6 Å². The average molecular weight is 202 g/mol. The minimum absolute atomic E-state index is 0.0185. The maximum atomic E-state index is 10.2. The molecular weight excluding hydrogens is 180 g/mol. The molecule has 4 heteroatoms. The maximum Gasteiger partial charge on any atom is 0.152 e. The van der Waals surface area contributed by atoms with Gasteiger partial charge in [0.15, 0.2) is 5.78 Å². The van der Waals surface area contributed by atoms with Crippen molar-refractivity contribution in [2.75, 3.05) is 20.6 Å². The lowest BCUT2D eigenvalue weighted by molar-refractivity contribution is -0.117. The van der Waals surface area contributed by atoms with Crippen molar-refractivity contribution in [2.45, 2.75) is 20.3 Å². The summed E-state index contributed by atoms with van der Waals surface area (Å²) in [7, 11) is 3.34. The van der Waals surface area contributed by atoms with Gasteiger partial charge < -0.3 is 11.1 Å². The van der Waals surface area contributed by atoms with Crippen LogP contribution < -0.4 is 11.1 Å². The van der Waals surface area contributed by atoms with Gasteiger partial charge in [0.25, 0.3) is 0 Å². The van der Waals surface area contributed by atoms with Gasteiger partial charge in [-0.3, -0.25) is 9.59 Å². The van der Waals surface area contributed by atoms with Crippen LogP contribution in [0.2, 0.25) is 0 Å². The van der Waals surface area contributed by atoms with E-state index >= 15 is 0 Å². The summed E-state index contributed by atoms with van der Waals surface area (Å²) in [5.74, 6) is 0.263. The molecule has 0 amide bonds. The topological polar surface area (TPSA) is 72.2 Å². The Kier molecular flexibility index (Phi) is 24.0. The van der Waals surface area contributed by atoms with Gasteiger partial charge in [-0.1, -0.05) is 6.58 Å². The first kappa shape index (κ1) is 18.7. The molecule has 0 heterocycles. The van der Waals surface area contributed by atoms with Crippen molar-refractivity contribution in [3.05, 3.63) is 12.7 Å². The zero-order valence-corrected chi connectivity index (χ0v) is 9.59. The first-order valence-electron chi connectivity index (χ1n) is 4.39. The summed E-state index contributed by atoms with van der Waals surface area (Å²) in [6.07, 6.45) is 1.93. The summed E-state index contributed by atoms with van der Waals surface area (Å²) < 4.78 is 0. The van der Waals surface area contributed by atoms with Gasteiger partial charge in [-0.05, 0) is 34.0 Å². The zero-order chi connectivity index (χ0) is 12.0. The number of hydrogen-bond acceptors (Lipinski definition) is 4. The Morgan fingerprint density at radius 1 is 1.36 bits per heavy atom. The van der Waals surface area contributed by atoms with Crippen molar-refractivity contribution in [2.24, 2.45) is 5.73 Å². The Labute approximate surface area is 86.6 Å². The van der Waals surface area contributed by atoms with Crippen molar-refractivity contribution in [3.8, 4) is 0 Å². The van der Waals surface area contributed by atoms with E-state index in [1.54, 1.807) is 6.92 Å². The Morgan fingerprint density at radius 3 is 1.79 bits per heavy atom. The normalized spacial score (nSPS) is 7.21. The molecule has 0 aliphatic carbocycles. The summed E-state index contributed by atoms with van der Waals surface area (Å²) in [4.78, 5) is 19.9. The SMILES string of the molecule is C=CC(C)=O.CN.CNCCC(C)=O. The summed E-state index contributed by atoms with van der Waals surface area (Å²) in [6, 6.07) is 0. The molecule has 0 bridgehead atoms. The van der Waals surface area contributed by atoms with E-state index in [0.717, 1.165) is 6.54 Å². The van der Waals surface area contributed by atoms with Gasteiger partial charge in [0, 0.05) is 13.0 Å². The lowest BCUT2D eigenvalue weighted by atomic mass is 10.3. The molecule has 0 unspecified atom stereocenters. The van der Waals surface area contributed by atoms with Crippen LogP contribution in [0.5, 0.6) is 0 Å². The largest absolute Gasteiger partial charge is 0.333 e. The molecule has 0 aliphatic rings. The molecule has 4 nitrogen and oxygen atoms in total. The number of carbonyl (C=O) groups excluding carboxylic acids is 2. The fraction of sp³-hybridized carbons (Fsp3) is 0.600. The molecule has 0 aromatic carbocycles. The molecule has 0 saturated carbocycles. The van der Waals surface area contributed by atoms with Crippen LogP contribution in [0.1, 0.15) is 20.3 Å². The van der Waals surface area contributed by atoms with Gasteiger partial charge in [-0.2, -0.15) is 0 Å². The molecule has 3 N–H and O–H groups in total. The molecule has 84 valence electrons. The van der Waals surface area contributed by atoms with Crippen molar-refractivity contribution in [1.29, 1.82) is 0 Å². The second kappa shape index (κ2) is 17.9. The Hall–Kier alpha value is -1.00. The van der Waals surface area contributed by atoms with E-state index in [-0.39, 0.29) is 11.6 Å². The molecule has 0 aromatic rings. The predicted molar refractivity (Wildman–Crippen MR) is 60.2 cm³/mol. The number of rotatable bonds is 4. The fourth-order valence-corrected chi connectivity index (χ4v) is 0.301. The second-order valence-electron chi connectivity index (χ2n) is 2.37. The van der Waals surface area contributed by atoms with E-state index in [0.29, 0.717) is 6.42 Å². The Morgan fingerprint density at radius 2 is 1.71 bits per heavy atom. The van der Waals surface area contributed by atoms with E-state index in [1.807, 2.05) is 7.05 Å². The van der Waals surface area contributed by atoms with Crippen LogP contribution in [0.4, 0.5) is 0 Å². The highest BCUT2D eigenvalue weighted by Gasteiger charge is 1.86. The number of ketones is 2. The summed E-state index contributed by atoms with van der Waals surface area (Å²) in [5.41, 5.74) is 4.50. The number of nitrogens with two attached hydrogens (primary N) is 1. The monoisotopic (exact) mass is 202 g/mol. The van der Waals surface area contributed by atoms with Gasteiger partial charge in [-0.25, -0.2) is 0 Å². The smallest absolute Gasteiger partial charge is 0.152 e. The molecule has 0 radical (unpaired) electrons. The third-order valence-electron chi connectivity index (χ3n) is 1.01. The van der Waals surface area contributed by atoms with Crippen molar-refractivity contribution >= 4 is 11.6 Å². The zero-order valence-electron chi connectivity index (χ0n) is 9.59. The molecule has 14 heavy (non-hydrogen) atoms. The van der Waals surface area contributed by atoms with Crippen LogP contribution in [-0.2, 0) is 9.59 Å². The van der Waals surface area contributed by atoms with Crippen LogP contribution in [0, 0.1) is 0 Å². The number of Topliss-reactive ketones (excluding diaryl/α,β-unsaturated/α-hetero) is 1. The highest BCUT2D eigenvalue weighted by molar-refractivity contribution is 5.86. The number of carbonyl (C=O) groups is 2. The lowest BCUT2D eigenvalue weighted by Crippen LogP contribution is -2.10. The maximum absolute atomic E-state index is 10.2. The van der Waals surface area contributed by atoms with E-state index in [9.17, 15) is 9.59 Å². The van der Waals surface area contributed by atoms with E-state index in [4.69, 9.17) is 0 Å². The first-order valence-corrected chi connectivity index (χ1v) is 4.39. The molecule has 0 spiro atoms. The predicted octanol–water partition coefficient (Wildman–Crippen LogP) is 0.521. The standard InChI is InChI=1S/C5H11NO.C4H6O.CH5N/c1-5(7)3-4-6-2;1-3-4(2)5;1-2/h6H,3-4H2,1-2H3;3H,1H2,2H3;2H2,1H3. The van der Waals surface area contributed by atoms with Crippen molar-refractivity contribution in [1.82, 2.24) is 5.32 Å². The molecule has 0 fully saturated rings. The highest BCUT2D eigenvalue weighted by Crippen LogP contribution is 1.74. The van der Waals surface area contributed by atoms with Crippen LogP contribution in [0.3, 0.4) is 0 Å². The minimum atomic E-state index is 0.0185. The average Bonchev–Trinajstić information content (AvgIpc) is 2.18. The van der Waals surface area contributed by atoms with E-state index in [1.165, 1.54) is 20.0 Å². The minimum Gasteiger partial charge on any atom is -0.333 e. The van der Waals surface area contributed by atoms with Gasteiger partial charge >= 0.3 is 0 Å². The molecule has 0 saturated heterocycles. The van der Waals surface area contributed by atoms with E-state index < -0.39 is 0 Å². The first-order chi connectivity index (χ1) is 6.54. The molecular formula is C10H22N2O2. The third-order valence-corrected chi connectivity index (χ3v) is 1.01. The number of allylic oxidation sites excluding steroid dienone is 1. The van der Waals surface area contributed by atoms with Crippen LogP contribution >= 0.6 is 0 Å². The Bertz CT molecular complexity index is 156. The van der Waals surface area contributed by atoms with Gasteiger partial charge in [0.2, 0.25) is 0 Å². The van der Waals surface area contributed by atoms with Crippen molar-refractivity contribution in [3.63, 3.8) is 0 Å². The van der Waals surface area contributed by atoms with Crippen LogP contribution in [0.15, 0.2) is 12.7 Å². The molecule has 0 atom stereocenters. The summed E-state index contributed by atoms with van der Waals surface area (Å²) in [5, 5.41) is 2.88. The number of nitrogens with one attached hydrogen (secondary N) is 1. The van der Waals surface area contributed by atoms with Crippen LogP contribution in [-0.4, -0.2) is 32.2 Å². The fourth-order valence-electron chi connectivity index (χ4n) is 0.301. The highest BCUT2D eigenvalue weighted by atomic mass is 16.1. The van der Waals surface area contributed by atoms with Crippen LogP contribution in [0.25, 0.3) is 0 Å². The molecule has 0 rings (SSSR count). The number of hydrogen-bond donors (Lipinski definition) is 2. The van der Waals surface area contributed by atoms with Gasteiger partial charge in [-0.15, -0.1) is 0 Å².